The molecule has 1 heterocycles. The highest BCUT2D eigenvalue weighted by Crippen LogP contribution is 2.11. The monoisotopic (exact) mass is 196 g/mol. The summed E-state index contributed by atoms with van der Waals surface area (Å²) in [5.41, 5.74) is 0.779. The number of carbonyl (C=O) groups is 2. The quantitative estimate of drug-likeness (QED) is 0.505. The molecule has 0 amide bonds. The third kappa shape index (κ3) is 2.09. The van der Waals surface area contributed by atoms with Crippen LogP contribution >= 0.6 is 0 Å². The van der Waals surface area contributed by atoms with Crippen LogP contribution in [0, 0.1) is 0 Å². The SMILES string of the molecule is CCOC(=O)C1=C[NH2+]C=C(CC)C1=O. The second-order valence-electron chi connectivity index (χ2n) is 2.87. The Labute approximate surface area is 82.6 Å². The van der Waals surface area contributed by atoms with E-state index in [0.29, 0.717) is 12.0 Å². The number of ketones is 1. The molecule has 0 saturated carbocycles. The normalized spacial score (nSPS) is 16.0. The first-order chi connectivity index (χ1) is 6.70. The van der Waals surface area contributed by atoms with E-state index in [9.17, 15) is 9.59 Å². The number of hydrogen-bond acceptors (Lipinski definition) is 3. The predicted molar refractivity (Wildman–Crippen MR) is 50.0 cm³/mol. The molecule has 1 aliphatic heterocycles. The number of esters is 1. The zero-order valence-corrected chi connectivity index (χ0v) is 8.37. The van der Waals surface area contributed by atoms with Gasteiger partial charge in [0.1, 0.15) is 12.4 Å². The van der Waals surface area contributed by atoms with Gasteiger partial charge in [0.25, 0.3) is 0 Å². The van der Waals surface area contributed by atoms with Crippen LogP contribution in [0.3, 0.4) is 0 Å². The Morgan fingerprint density at radius 3 is 2.71 bits per heavy atom. The maximum absolute atomic E-state index is 11.6. The maximum atomic E-state index is 11.6. The van der Waals surface area contributed by atoms with Crippen LogP contribution < -0.4 is 5.32 Å². The average Bonchev–Trinajstić information content (AvgIpc) is 2.18. The van der Waals surface area contributed by atoms with E-state index in [1.54, 1.807) is 18.4 Å². The number of nitrogens with two attached hydrogens (primary N) is 1. The van der Waals surface area contributed by atoms with Crippen molar-refractivity contribution in [3.05, 3.63) is 23.5 Å². The van der Waals surface area contributed by atoms with Gasteiger partial charge in [-0.1, -0.05) is 6.92 Å². The predicted octanol–water partition coefficient (Wildman–Crippen LogP) is -0.127. The molecule has 0 bridgehead atoms. The number of rotatable bonds is 3. The molecule has 14 heavy (non-hydrogen) atoms. The maximum Gasteiger partial charge on any atom is 0.347 e. The van der Waals surface area contributed by atoms with Gasteiger partial charge < -0.3 is 4.74 Å². The van der Waals surface area contributed by atoms with Crippen LogP contribution in [-0.4, -0.2) is 18.4 Å². The Morgan fingerprint density at radius 1 is 1.43 bits per heavy atom. The molecule has 1 aliphatic rings. The van der Waals surface area contributed by atoms with Crippen LogP contribution in [0.15, 0.2) is 23.5 Å². The molecule has 0 unspecified atom stereocenters. The summed E-state index contributed by atoms with van der Waals surface area (Å²) < 4.78 is 4.77. The summed E-state index contributed by atoms with van der Waals surface area (Å²) >= 11 is 0. The molecule has 0 fully saturated rings. The Bertz CT molecular complexity index is 315. The van der Waals surface area contributed by atoms with E-state index in [4.69, 9.17) is 4.74 Å². The molecule has 0 radical (unpaired) electrons. The van der Waals surface area contributed by atoms with Gasteiger partial charge in [0.2, 0.25) is 5.78 Å². The highest BCUT2D eigenvalue weighted by molar-refractivity contribution is 6.23. The van der Waals surface area contributed by atoms with Gasteiger partial charge in [-0.05, 0) is 13.3 Å². The van der Waals surface area contributed by atoms with Crippen molar-refractivity contribution in [3.8, 4) is 0 Å². The van der Waals surface area contributed by atoms with Gasteiger partial charge in [-0.15, -0.1) is 0 Å². The lowest BCUT2D eigenvalue weighted by Crippen LogP contribution is -2.73. The Hall–Kier alpha value is -1.42. The topological polar surface area (TPSA) is 60.0 Å². The fourth-order valence-corrected chi connectivity index (χ4v) is 1.23. The van der Waals surface area contributed by atoms with Crippen LogP contribution in [0.2, 0.25) is 0 Å². The summed E-state index contributed by atoms with van der Waals surface area (Å²) in [6, 6.07) is 0. The molecule has 0 spiro atoms. The molecule has 4 heteroatoms. The molecule has 0 aromatic carbocycles. The smallest absolute Gasteiger partial charge is 0.347 e. The van der Waals surface area contributed by atoms with Gasteiger partial charge in [-0.25, -0.2) is 4.79 Å². The minimum atomic E-state index is -0.534. The minimum Gasteiger partial charge on any atom is -0.462 e. The second-order valence-corrected chi connectivity index (χ2v) is 2.87. The summed E-state index contributed by atoms with van der Waals surface area (Å²) in [5, 5.41) is 1.70. The lowest BCUT2D eigenvalue weighted by molar-refractivity contribution is -0.516. The second kappa shape index (κ2) is 4.72. The number of Topliss-reactive ketones (excluding diaryl/α,β-unsaturated/α-hetero) is 1. The molecular weight excluding hydrogens is 182 g/mol. The molecule has 0 aliphatic carbocycles. The minimum absolute atomic E-state index is 0.131. The van der Waals surface area contributed by atoms with Gasteiger partial charge in [-0.3, -0.25) is 10.1 Å². The molecule has 4 nitrogen and oxygen atoms in total. The van der Waals surface area contributed by atoms with Crippen LogP contribution in [0.25, 0.3) is 0 Å². The summed E-state index contributed by atoms with van der Waals surface area (Å²) in [4.78, 5) is 22.9. The van der Waals surface area contributed by atoms with Crippen LogP contribution in [-0.2, 0) is 14.3 Å². The van der Waals surface area contributed by atoms with Crippen molar-refractivity contribution in [2.45, 2.75) is 20.3 Å². The van der Waals surface area contributed by atoms with E-state index >= 15 is 0 Å². The summed E-state index contributed by atoms with van der Waals surface area (Å²) in [6.07, 6.45) is 3.86. The summed E-state index contributed by atoms with van der Waals surface area (Å²) in [6.45, 7) is 3.88. The highest BCUT2D eigenvalue weighted by atomic mass is 16.5. The molecule has 76 valence electrons. The van der Waals surface area contributed by atoms with E-state index in [1.165, 1.54) is 6.20 Å². The number of ether oxygens (including phenoxy) is 1. The fraction of sp³-hybridized carbons (Fsp3) is 0.400. The summed E-state index contributed by atoms with van der Waals surface area (Å²) in [7, 11) is 0. The molecule has 0 saturated heterocycles. The van der Waals surface area contributed by atoms with Gasteiger partial charge in [0.05, 0.1) is 12.2 Å². The highest BCUT2D eigenvalue weighted by Gasteiger charge is 2.26. The Balaban J connectivity index is 2.77. The molecule has 0 atom stereocenters. The van der Waals surface area contributed by atoms with Gasteiger partial charge >= 0.3 is 5.97 Å². The Kier molecular flexibility index (Phi) is 3.59. The van der Waals surface area contributed by atoms with Gasteiger partial charge in [-0.2, -0.15) is 0 Å². The zero-order chi connectivity index (χ0) is 10.6. The molecular formula is C10H14NO3+. The van der Waals surface area contributed by atoms with Crippen molar-refractivity contribution in [1.82, 2.24) is 0 Å². The molecule has 0 aromatic rings. The number of allylic oxidation sites excluding steroid dienone is 1. The Morgan fingerprint density at radius 2 is 2.14 bits per heavy atom. The van der Waals surface area contributed by atoms with Gasteiger partial charge in [0.15, 0.2) is 5.57 Å². The van der Waals surface area contributed by atoms with E-state index < -0.39 is 5.97 Å². The average molecular weight is 196 g/mol. The number of carbonyl (C=O) groups excluding carboxylic acids is 2. The standard InChI is InChI=1S/C10H13NO3/c1-3-7-5-11-6-8(9(7)12)10(13)14-4-2/h5-6H,3-4H2,1-2H3,(H,11,12)/p+1. The lowest BCUT2D eigenvalue weighted by atomic mass is 10.0. The van der Waals surface area contributed by atoms with Crippen molar-refractivity contribution in [3.63, 3.8) is 0 Å². The lowest BCUT2D eigenvalue weighted by Gasteiger charge is -2.09. The first-order valence-corrected chi connectivity index (χ1v) is 4.66. The van der Waals surface area contributed by atoms with E-state index in [1.807, 2.05) is 6.92 Å². The number of quaternary nitrogens is 1. The molecule has 0 aromatic heterocycles. The third-order valence-electron chi connectivity index (χ3n) is 1.97. The van der Waals surface area contributed by atoms with Crippen molar-refractivity contribution >= 4 is 11.8 Å². The first kappa shape index (κ1) is 10.7. The van der Waals surface area contributed by atoms with Crippen molar-refractivity contribution in [1.29, 1.82) is 0 Å². The van der Waals surface area contributed by atoms with Crippen molar-refractivity contribution in [2.24, 2.45) is 0 Å². The van der Waals surface area contributed by atoms with E-state index in [-0.39, 0.29) is 18.0 Å². The van der Waals surface area contributed by atoms with Crippen LogP contribution in [0.4, 0.5) is 0 Å². The zero-order valence-electron chi connectivity index (χ0n) is 8.37. The van der Waals surface area contributed by atoms with Crippen LogP contribution in [0.1, 0.15) is 20.3 Å². The number of hydrogen-bond donors (Lipinski definition) is 1. The van der Waals surface area contributed by atoms with Crippen molar-refractivity contribution in [2.75, 3.05) is 6.61 Å². The first-order valence-electron chi connectivity index (χ1n) is 4.66. The largest absolute Gasteiger partial charge is 0.462 e. The molecule has 1 rings (SSSR count). The van der Waals surface area contributed by atoms with Gasteiger partial charge in [0, 0.05) is 0 Å². The fourth-order valence-electron chi connectivity index (χ4n) is 1.23. The molecule has 2 N–H and O–H groups in total. The summed E-state index contributed by atoms with van der Waals surface area (Å²) in [5.74, 6) is -0.749. The third-order valence-corrected chi connectivity index (χ3v) is 1.97. The van der Waals surface area contributed by atoms with E-state index in [2.05, 4.69) is 0 Å². The van der Waals surface area contributed by atoms with Crippen molar-refractivity contribution < 1.29 is 19.6 Å². The van der Waals surface area contributed by atoms with E-state index in [0.717, 1.165) is 0 Å². The van der Waals surface area contributed by atoms with Crippen LogP contribution in [0.5, 0.6) is 0 Å².